The molecule has 0 aromatic heterocycles. The van der Waals surface area contributed by atoms with Crippen molar-refractivity contribution in [1.29, 1.82) is 0 Å². The number of carbonyl (C=O) groups excluding carboxylic acids is 1. The molecule has 1 unspecified atom stereocenters. The highest BCUT2D eigenvalue weighted by Gasteiger charge is 2.34. The van der Waals surface area contributed by atoms with E-state index < -0.39 is 12.2 Å². The van der Waals surface area contributed by atoms with Crippen molar-refractivity contribution < 1.29 is 19.0 Å². The van der Waals surface area contributed by atoms with Crippen LogP contribution in [0.15, 0.2) is 54.6 Å². The molecule has 0 N–H and O–H groups in total. The van der Waals surface area contributed by atoms with Gasteiger partial charge in [-0.3, -0.25) is 4.79 Å². The van der Waals surface area contributed by atoms with Crippen molar-refractivity contribution in [2.75, 3.05) is 20.3 Å². The van der Waals surface area contributed by atoms with Gasteiger partial charge in [0.2, 0.25) is 0 Å². The lowest BCUT2D eigenvalue weighted by atomic mass is 9.90. The van der Waals surface area contributed by atoms with Crippen LogP contribution < -0.4 is 4.74 Å². The SMILES string of the molecule is COc1ccc(C(C(=O)c2ccccc2)C2OCCO2)cc1. The Morgan fingerprint density at radius 2 is 1.68 bits per heavy atom. The van der Waals surface area contributed by atoms with Crippen molar-refractivity contribution in [1.82, 2.24) is 0 Å². The highest BCUT2D eigenvalue weighted by atomic mass is 16.7. The fourth-order valence-electron chi connectivity index (χ4n) is 2.59. The largest absolute Gasteiger partial charge is 0.497 e. The Kier molecular flexibility index (Phi) is 4.51. The molecule has 1 atom stereocenters. The molecule has 2 aromatic carbocycles. The summed E-state index contributed by atoms with van der Waals surface area (Å²) >= 11 is 0. The molecular formula is C18H18O4. The summed E-state index contributed by atoms with van der Waals surface area (Å²) in [6, 6.07) is 16.7. The maximum atomic E-state index is 12.9. The quantitative estimate of drug-likeness (QED) is 0.796. The molecule has 0 aliphatic carbocycles. The number of Topliss-reactive ketones (excluding diaryl/α,β-unsaturated/α-hetero) is 1. The minimum Gasteiger partial charge on any atom is -0.497 e. The lowest BCUT2D eigenvalue weighted by molar-refractivity contribution is -0.0536. The lowest BCUT2D eigenvalue weighted by Gasteiger charge is -2.22. The molecule has 114 valence electrons. The molecule has 1 aliphatic rings. The van der Waals surface area contributed by atoms with Crippen LogP contribution in [0, 0.1) is 0 Å². The summed E-state index contributed by atoms with van der Waals surface area (Å²) in [5.41, 5.74) is 1.52. The minimum atomic E-state index is -0.541. The number of rotatable bonds is 5. The highest BCUT2D eigenvalue weighted by molar-refractivity contribution is 6.01. The van der Waals surface area contributed by atoms with Gasteiger partial charge < -0.3 is 14.2 Å². The maximum Gasteiger partial charge on any atom is 0.175 e. The van der Waals surface area contributed by atoms with Crippen LogP contribution in [0.25, 0.3) is 0 Å². The van der Waals surface area contributed by atoms with Gasteiger partial charge >= 0.3 is 0 Å². The zero-order valence-corrected chi connectivity index (χ0v) is 12.4. The summed E-state index contributed by atoms with van der Waals surface area (Å²) in [7, 11) is 1.62. The van der Waals surface area contributed by atoms with E-state index in [1.54, 1.807) is 7.11 Å². The van der Waals surface area contributed by atoms with Crippen molar-refractivity contribution >= 4 is 5.78 Å². The van der Waals surface area contributed by atoms with Crippen molar-refractivity contribution in [3.8, 4) is 5.75 Å². The van der Waals surface area contributed by atoms with E-state index in [0.29, 0.717) is 18.8 Å². The van der Waals surface area contributed by atoms with Gasteiger partial charge in [0, 0.05) is 5.56 Å². The van der Waals surface area contributed by atoms with Crippen LogP contribution in [0.3, 0.4) is 0 Å². The van der Waals surface area contributed by atoms with E-state index in [4.69, 9.17) is 14.2 Å². The standard InChI is InChI=1S/C18H18O4/c1-20-15-9-7-13(8-10-15)16(18-21-11-12-22-18)17(19)14-5-3-2-4-6-14/h2-10,16,18H,11-12H2,1H3. The smallest absolute Gasteiger partial charge is 0.175 e. The van der Waals surface area contributed by atoms with Crippen LogP contribution in [0.5, 0.6) is 5.75 Å². The Hall–Kier alpha value is -2.17. The van der Waals surface area contributed by atoms with Gasteiger partial charge in [0.25, 0.3) is 0 Å². The molecule has 1 saturated heterocycles. The number of ether oxygens (including phenoxy) is 3. The van der Waals surface area contributed by atoms with Gasteiger partial charge in [-0.25, -0.2) is 0 Å². The topological polar surface area (TPSA) is 44.8 Å². The first-order chi connectivity index (χ1) is 10.8. The summed E-state index contributed by atoms with van der Waals surface area (Å²) in [5.74, 6) is 0.274. The number of benzene rings is 2. The van der Waals surface area contributed by atoms with E-state index in [0.717, 1.165) is 11.3 Å². The number of ketones is 1. The van der Waals surface area contributed by atoms with Gasteiger partial charge in [-0.1, -0.05) is 42.5 Å². The minimum absolute atomic E-state index is 0.00216. The Balaban J connectivity index is 1.94. The molecule has 1 heterocycles. The van der Waals surface area contributed by atoms with E-state index in [1.165, 1.54) is 0 Å². The third-order valence-electron chi connectivity index (χ3n) is 3.74. The number of hydrogen-bond donors (Lipinski definition) is 0. The average Bonchev–Trinajstić information content (AvgIpc) is 3.10. The van der Waals surface area contributed by atoms with Gasteiger partial charge in [0.15, 0.2) is 12.1 Å². The summed E-state index contributed by atoms with van der Waals surface area (Å²) in [5, 5.41) is 0. The number of hydrogen-bond acceptors (Lipinski definition) is 4. The van der Waals surface area contributed by atoms with Gasteiger partial charge in [-0.05, 0) is 17.7 Å². The molecule has 0 radical (unpaired) electrons. The van der Waals surface area contributed by atoms with Gasteiger partial charge in [0.05, 0.1) is 26.2 Å². The van der Waals surface area contributed by atoms with E-state index >= 15 is 0 Å². The molecule has 0 amide bonds. The predicted octanol–water partition coefficient (Wildman–Crippen LogP) is 3.03. The molecule has 1 aliphatic heterocycles. The van der Waals surface area contributed by atoms with Crippen molar-refractivity contribution in [3.05, 3.63) is 65.7 Å². The summed E-state index contributed by atoms with van der Waals surface area (Å²) in [4.78, 5) is 12.9. The van der Waals surface area contributed by atoms with E-state index in [9.17, 15) is 4.79 Å². The first kappa shape index (κ1) is 14.8. The van der Waals surface area contributed by atoms with Crippen LogP contribution in [-0.2, 0) is 9.47 Å². The van der Waals surface area contributed by atoms with Crippen molar-refractivity contribution in [2.24, 2.45) is 0 Å². The van der Waals surface area contributed by atoms with Crippen LogP contribution in [0.2, 0.25) is 0 Å². The molecule has 0 spiro atoms. The predicted molar refractivity (Wildman–Crippen MR) is 82.2 cm³/mol. The van der Waals surface area contributed by atoms with E-state index in [2.05, 4.69) is 0 Å². The second-order valence-corrected chi connectivity index (χ2v) is 5.09. The fraction of sp³-hybridized carbons (Fsp3) is 0.278. The molecule has 0 saturated carbocycles. The third-order valence-corrected chi connectivity index (χ3v) is 3.74. The molecular weight excluding hydrogens is 280 g/mol. The molecule has 1 fully saturated rings. The van der Waals surface area contributed by atoms with Crippen LogP contribution in [0.1, 0.15) is 21.8 Å². The average molecular weight is 298 g/mol. The Bertz CT molecular complexity index is 615. The van der Waals surface area contributed by atoms with Crippen molar-refractivity contribution in [3.63, 3.8) is 0 Å². The lowest BCUT2D eigenvalue weighted by Crippen LogP contribution is -2.27. The monoisotopic (exact) mass is 298 g/mol. The van der Waals surface area contributed by atoms with Crippen LogP contribution >= 0.6 is 0 Å². The molecule has 4 nitrogen and oxygen atoms in total. The molecule has 3 rings (SSSR count). The molecule has 2 aromatic rings. The molecule has 4 heteroatoms. The third kappa shape index (κ3) is 3.03. The summed E-state index contributed by atoms with van der Waals surface area (Å²) in [6.45, 7) is 1.03. The molecule has 22 heavy (non-hydrogen) atoms. The fourth-order valence-corrected chi connectivity index (χ4v) is 2.59. The van der Waals surface area contributed by atoms with Gasteiger partial charge in [0.1, 0.15) is 5.75 Å². The first-order valence-corrected chi connectivity index (χ1v) is 7.26. The summed E-state index contributed by atoms with van der Waals surface area (Å²) < 4.78 is 16.4. The first-order valence-electron chi connectivity index (χ1n) is 7.26. The number of methoxy groups -OCH3 is 1. The van der Waals surface area contributed by atoms with Crippen molar-refractivity contribution in [2.45, 2.75) is 12.2 Å². The van der Waals surface area contributed by atoms with Crippen LogP contribution in [0.4, 0.5) is 0 Å². The second kappa shape index (κ2) is 6.73. The van der Waals surface area contributed by atoms with Crippen LogP contribution in [-0.4, -0.2) is 32.4 Å². The van der Waals surface area contributed by atoms with E-state index in [-0.39, 0.29) is 5.78 Å². The number of carbonyl (C=O) groups is 1. The summed E-state index contributed by atoms with van der Waals surface area (Å²) in [6.07, 6.45) is -0.541. The Labute approximate surface area is 129 Å². The normalized spacial score (nSPS) is 16.4. The zero-order valence-electron chi connectivity index (χ0n) is 12.4. The van der Waals surface area contributed by atoms with Gasteiger partial charge in [-0.15, -0.1) is 0 Å². The van der Waals surface area contributed by atoms with Gasteiger partial charge in [-0.2, -0.15) is 0 Å². The van der Waals surface area contributed by atoms with E-state index in [1.807, 2.05) is 54.6 Å². The molecule has 0 bridgehead atoms. The Morgan fingerprint density at radius 1 is 1.05 bits per heavy atom. The zero-order chi connectivity index (χ0) is 15.4. The Morgan fingerprint density at radius 3 is 2.27 bits per heavy atom. The highest BCUT2D eigenvalue weighted by Crippen LogP contribution is 2.30. The maximum absolute atomic E-state index is 12.9. The second-order valence-electron chi connectivity index (χ2n) is 5.09.